The number of carboxylic acids is 1. The number of nitrogens with zero attached hydrogens (tertiary/aromatic N) is 2. The lowest BCUT2D eigenvalue weighted by Crippen LogP contribution is -2.43. The molecule has 2 aromatic rings. The van der Waals surface area contributed by atoms with E-state index in [-0.39, 0.29) is 12.1 Å². The normalized spacial score (nSPS) is 11.2. The molecular weight excluding hydrogens is 286 g/mol. The average molecular weight is 303 g/mol. The van der Waals surface area contributed by atoms with Crippen molar-refractivity contribution in [2.75, 3.05) is 0 Å². The van der Waals surface area contributed by atoms with Crippen LogP contribution in [0.4, 0.5) is 0 Å². The van der Waals surface area contributed by atoms with Gasteiger partial charge in [0.1, 0.15) is 0 Å². The van der Waals surface area contributed by atoms with Crippen molar-refractivity contribution in [3.05, 3.63) is 36.3 Å². The third-order valence-corrected chi connectivity index (χ3v) is 3.12. The van der Waals surface area contributed by atoms with E-state index in [9.17, 15) is 9.59 Å². The van der Waals surface area contributed by atoms with E-state index in [0.717, 1.165) is 5.56 Å². The molecule has 0 radical (unpaired) electrons. The molecule has 2 aromatic heterocycles. The first-order chi connectivity index (χ1) is 10.4. The second-order valence-corrected chi connectivity index (χ2v) is 5.54. The maximum absolute atomic E-state index is 12.2. The molecule has 2 heterocycles. The molecule has 2 N–H and O–H groups in total. The fourth-order valence-corrected chi connectivity index (χ4v) is 1.89. The summed E-state index contributed by atoms with van der Waals surface area (Å²) in [5.41, 5.74) is 0.271. The molecule has 0 aromatic carbocycles. The predicted molar refractivity (Wildman–Crippen MR) is 78.1 cm³/mol. The van der Waals surface area contributed by atoms with Gasteiger partial charge in [-0.15, -0.1) is 0 Å². The van der Waals surface area contributed by atoms with Crippen molar-refractivity contribution in [2.45, 2.75) is 32.2 Å². The van der Waals surface area contributed by atoms with Crippen LogP contribution in [0, 0.1) is 0 Å². The van der Waals surface area contributed by atoms with Crippen molar-refractivity contribution in [1.82, 2.24) is 15.5 Å². The van der Waals surface area contributed by atoms with E-state index in [4.69, 9.17) is 9.63 Å². The number of aliphatic carboxylic acids is 1. The van der Waals surface area contributed by atoms with Crippen LogP contribution in [0.3, 0.4) is 0 Å². The van der Waals surface area contributed by atoms with Gasteiger partial charge in [0.05, 0.1) is 0 Å². The molecule has 0 saturated heterocycles. The predicted octanol–water partition coefficient (Wildman–Crippen LogP) is 2.11. The minimum absolute atomic E-state index is 0.0195. The van der Waals surface area contributed by atoms with Crippen LogP contribution in [-0.4, -0.2) is 32.7 Å². The van der Waals surface area contributed by atoms with E-state index in [2.05, 4.69) is 15.5 Å². The van der Waals surface area contributed by atoms with Gasteiger partial charge in [0.2, 0.25) is 0 Å². The number of aromatic nitrogens is 2. The Labute approximate surface area is 127 Å². The van der Waals surface area contributed by atoms with Gasteiger partial charge in [0, 0.05) is 36.0 Å². The molecule has 7 nitrogen and oxygen atoms in total. The molecule has 1 amide bonds. The summed E-state index contributed by atoms with van der Waals surface area (Å²) in [5, 5.41) is 15.2. The summed E-state index contributed by atoms with van der Waals surface area (Å²) in [7, 11) is 0. The van der Waals surface area contributed by atoms with E-state index >= 15 is 0 Å². The van der Waals surface area contributed by atoms with Gasteiger partial charge in [-0.25, -0.2) is 0 Å². The van der Waals surface area contributed by atoms with Crippen LogP contribution < -0.4 is 5.32 Å². The zero-order chi connectivity index (χ0) is 16.2. The zero-order valence-corrected chi connectivity index (χ0v) is 12.4. The number of carbonyl (C=O) groups excluding carboxylic acids is 1. The van der Waals surface area contributed by atoms with Crippen molar-refractivity contribution >= 4 is 11.9 Å². The summed E-state index contributed by atoms with van der Waals surface area (Å²) in [5.74, 6) is -0.834. The van der Waals surface area contributed by atoms with Crippen LogP contribution in [0.1, 0.15) is 37.2 Å². The molecule has 0 aliphatic heterocycles. The first-order valence-corrected chi connectivity index (χ1v) is 6.79. The summed E-state index contributed by atoms with van der Waals surface area (Å²) >= 11 is 0. The molecular formula is C15H17N3O4. The Balaban J connectivity index is 2.04. The van der Waals surface area contributed by atoms with E-state index < -0.39 is 17.4 Å². The van der Waals surface area contributed by atoms with Gasteiger partial charge in [-0.2, -0.15) is 0 Å². The summed E-state index contributed by atoms with van der Waals surface area (Å²) in [6.45, 7) is 3.52. The maximum Gasteiger partial charge on any atom is 0.303 e. The zero-order valence-electron chi connectivity index (χ0n) is 12.4. The Kier molecular flexibility index (Phi) is 4.55. The number of pyridine rings is 1. The topological polar surface area (TPSA) is 105 Å². The van der Waals surface area contributed by atoms with Gasteiger partial charge >= 0.3 is 5.97 Å². The number of carbonyl (C=O) groups is 2. The number of hydrogen-bond acceptors (Lipinski definition) is 5. The van der Waals surface area contributed by atoms with Crippen LogP contribution in [-0.2, 0) is 4.79 Å². The van der Waals surface area contributed by atoms with Crippen LogP contribution in [0.2, 0.25) is 0 Å². The monoisotopic (exact) mass is 303 g/mol. The Bertz CT molecular complexity index is 664. The highest BCUT2D eigenvalue weighted by Gasteiger charge is 2.24. The second kappa shape index (κ2) is 6.38. The average Bonchev–Trinajstić information content (AvgIpc) is 2.96. The third kappa shape index (κ3) is 4.15. The second-order valence-electron chi connectivity index (χ2n) is 5.54. The van der Waals surface area contributed by atoms with Crippen LogP contribution in [0.15, 0.2) is 35.1 Å². The van der Waals surface area contributed by atoms with E-state index in [0.29, 0.717) is 12.2 Å². The SMILES string of the molecule is CC(C)(CCC(=O)O)NC(=O)c1cc(-c2ccncc2)on1. The highest BCUT2D eigenvalue weighted by atomic mass is 16.5. The Morgan fingerprint density at radius 2 is 2.00 bits per heavy atom. The molecule has 0 aliphatic carbocycles. The van der Waals surface area contributed by atoms with Crippen molar-refractivity contribution < 1.29 is 19.2 Å². The summed E-state index contributed by atoms with van der Waals surface area (Å²) in [4.78, 5) is 26.7. The number of amides is 1. The van der Waals surface area contributed by atoms with E-state index in [1.165, 1.54) is 6.07 Å². The lowest BCUT2D eigenvalue weighted by molar-refractivity contribution is -0.137. The smallest absolute Gasteiger partial charge is 0.303 e. The standard InChI is InChI=1S/C15H17N3O4/c1-15(2,6-3-13(19)20)17-14(21)11-9-12(22-18-11)10-4-7-16-8-5-10/h4-5,7-9H,3,6H2,1-2H3,(H,17,21)(H,19,20). The lowest BCUT2D eigenvalue weighted by Gasteiger charge is -2.24. The van der Waals surface area contributed by atoms with Crippen molar-refractivity contribution in [2.24, 2.45) is 0 Å². The van der Waals surface area contributed by atoms with E-state index in [1.807, 2.05) is 0 Å². The quantitative estimate of drug-likeness (QED) is 0.846. The highest BCUT2D eigenvalue weighted by molar-refractivity contribution is 5.93. The van der Waals surface area contributed by atoms with Crippen LogP contribution in [0.25, 0.3) is 11.3 Å². The van der Waals surface area contributed by atoms with Crippen LogP contribution >= 0.6 is 0 Å². The fourth-order valence-electron chi connectivity index (χ4n) is 1.89. The largest absolute Gasteiger partial charge is 0.481 e. The molecule has 22 heavy (non-hydrogen) atoms. The van der Waals surface area contributed by atoms with Crippen molar-refractivity contribution in [1.29, 1.82) is 0 Å². The number of nitrogens with one attached hydrogen (secondary N) is 1. The molecule has 116 valence electrons. The maximum atomic E-state index is 12.2. The first kappa shape index (κ1) is 15.7. The summed E-state index contributed by atoms with van der Waals surface area (Å²) in [6.07, 6.45) is 3.54. The van der Waals surface area contributed by atoms with Gasteiger partial charge in [-0.1, -0.05) is 5.16 Å². The molecule has 0 atom stereocenters. The molecule has 0 unspecified atom stereocenters. The molecule has 0 saturated carbocycles. The van der Waals surface area contributed by atoms with Crippen molar-refractivity contribution in [3.8, 4) is 11.3 Å². The molecule has 0 fully saturated rings. The molecule has 2 rings (SSSR count). The first-order valence-electron chi connectivity index (χ1n) is 6.79. The Morgan fingerprint density at radius 3 is 2.64 bits per heavy atom. The van der Waals surface area contributed by atoms with Crippen molar-refractivity contribution in [3.63, 3.8) is 0 Å². The number of rotatable bonds is 6. The molecule has 0 spiro atoms. The summed E-state index contributed by atoms with van der Waals surface area (Å²) < 4.78 is 5.15. The fraction of sp³-hybridized carbons (Fsp3) is 0.333. The number of hydrogen-bond donors (Lipinski definition) is 2. The van der Waals surface area contributed by atoms with Gasteiger partial charge in [0.25, 0.3) is 5.91 Å². The minimum Gasteiger partial charge on any atom is -0.481 e. The molecule has 0 aliphatic rings. The molecule has 7 heteroatoms. The van der Waals surface area contributed by atoms with E-state index in [1.54, 1.807) is 38.4 Å². The Morgan fingerprint density at radius 1 is 1.32 bits per heavy atom. The highest BCUT2D eigenvalue weighted by Crippen LogP contribution is 2.20. The third-order valence-electron chi connectivity index (χ3n) is 3.12. The van der Waals surface area contributed by atoms with Gasteiger partial charge in [0.15, 0.2) is 11.5 Å². The van der Waals surface area contributed by atoms with Gasteiger partial charge < -0.3 is 14.9 Å². The van der Waals surface area contributed by atoms with Gasteiger partial charge in [-0.3, -0.25) is 14.6 Å². The summed E-state index contributed by atoms with van der Waals surface area (Å²) in [6, 6.07) is 5.04. The van der Waals surface area contributed by atoms with Crippen LogP contribution in [0.5, 0.6) is 0 Å². The number of carboxylic acid groups (broad SMARTS) is 1. The lowest BCUT2D eigenvalue weighted by atomic mass is 9.98. The van der Waals surface area contributed by atoms with Gasteiger partial charge in [-0.05, 0) is 32.4 Å². The Hall–Kier alpha value is -2.70. The molecule has 0 bridgehead atoms. The minimum atomic E-state index is -0.899.